The van der Waals surface area contributed by atoms with Crippen molar-refractivity contribution in [2.75, 3.05) is 17.1 Å². The van der Waals surface area contributed by atoms with Gasteiger partial charge in [0.1, 0.15) is 6.54 Å². The van der Waals surface area contributed by atoms with Crippen LogP contribution in [0.25, 0.3) is 0 Å². The van der Waals surface area contributed by atoms with Crippen LogP contribution < -0.4 is 9.62 Å². The lowest BCUT2D eigenvalue weighted by Gasteiger charge is -2.22. The van der Waals surface area contributed by atoms with Crippen molar-refractivity contribution in [2.24, 2.45) is 0 Å². The van der Waals surface area contributed by atoms with Crippen LogP contribution in [-0.4, -0.2) is 27.1 Å². The van der Waals surface area contributed by atoms with Crippen molar-refractivity contribution < 1.29 is 22.0 Å². The lowest BCUT2D eigenvalue weighted by Crippen LogP contribution is -2.40. The third kappa shape index (κ3) is 5.25. The monoisotopic (exact) mass is 368 g/mol. The number of nitrogens with one attached hydrogen (secondary N) is 1. The topological polar surface area (TPSA) is 66.5 Å². The highest BCUT2D eigenvalue weighted by Crippen LogP contribution is 2.20. The number of halogens is 2. The lowest BCUT2D eigenvalue weighted by molar-refractivity contribution is -0.119. The van der Waals surface area contributed by atoms with Crippen molar-refractivity contribution in [1.29, 1.82) is 0 Å². The van der Waals surface area contributed by atoms with Gasteiger partial charge in [-0.25, -0.2) is 17.2 Å². The first kappa shape index (κ1) is 18.9. The number of hydrogen-bond donors (Lipinski definition) is 1. The molecule has 0 saturated heterocycles. The van der Waals surface area contributed by atoms with Crippen molar-refractivity contribution in [2.45, 2.75) is 13.5 Å². The lowest BCUT2D eigenvalue weighted by atomic mass is 10.1. The molecule has 8 heteroatoms. The molecule has 0 bridgehead atoms. The fourth-order valence-electron chi connectivity index (χ4n) is 2.13. The number of sulfonamides is 1. The van der Waals surface area contributed by atoms with Crippen molar-refractivity contribution in [3.8, 4) is 0 Å². The second kappa shape index (κ2) is 7.60. The van der Waals surface area contributed by atoms with Gasteiger partial charge in [-0.1, -0.05) is 29.8 Å². The Kier molecular flexibility index (Phi) is 5.73. The van der Waals surface area contributed by atoms with E-state index >= 15 is 0 Å². The minimum Gasteiger partial charge on any atom is -0.350 e. The summed E-state index contributed by atoms with van der Waals surface area (Å²) in [7, 11) is -3.85. The predicted octanol–water partition coefficient (Wildman–Crippen LogP) is 2.36. The first-order valence-electron chi connectivity index (χ1n) is 7.42. The molecule has 0 aliphatic carbocycles. The SMILES string of the molecule is Cc1ccc(CNC(=O)CN(c2ccc(F)c(F)c2)S(C)(=O)=O)cc1. The van der Waals surface area contributed by atoms with Crippen LogP contribution in [-0.2, 0) is 21.4 Å². The average molecular weight is 368 g/mol. The first-order chi connectivity index (χ1) is 11.7. The summed E-state index contributed by atoms with van der Waals surface area (Å²) in [6.07, 6.45) is 0.890. The van der Waals surface area contributed by atoms with Gasteiger partial charge >= 0.3 is 0 Å². The Morgan fingerprint density at radius 1 is 1.08 bits per heavy atom. The fourth-order valence-corrected chi connectivity index (χ4v) is 2.98. The normalized spacial score (nSPS) is 11.2. The highest BCUT2D eigenvalue weighted by Gasteiger charge is 2.22. The second-order valence-electron chi connectivity index (χ2n) is 5.63. The molecule has 134 valence electrons. The number of aryl methyl sites for hydroxylation is 1. The largest absolute Gasteiger partial charge is 0.350 e. The summed E-state index contributed by atoms with van der Waals surface area (Å²) in [6, 6.07) is 10.1. The van der Waals surface area contributed by atoms with Crippen LogP contribution in [0, 0.1) is 18.6 Å². The summed E-state index contributed by atoms with van der Waals surface area (Å²) in [4.78, 5) is 12.1. The van der Waals surface area contributed by atoms with Gasteiger partial charge in [0.15, 0.2) is 11.6 Å². The first-order valence-corrected chi connectivity index (χ1v) is 9.26. The Hall–Kier alpha value is -2.48. The van der Waals surface area contributed by atoms with Crippen LogP contribution in [0.4, 0.5) is 14.5 Å². The maximum atomic E-state index is 13.4. The number of hydrogen-bond acceptors (Lipinski definition) is 3. The van der Waals surface area contributed by atoms with Gasteiger partial charge in [0, 0.05) is 12.6 Å². The Balaban J connectivity index is 2.10. The van der Waals surface area contributed by atoms with E-state index in [1.165, 1.54) is 0 Å². The van der Waals surface area contributed by atoms with Gasteiger partial charge in [-0.05, 0) is 24.6 Å². The van der Waals surface area contributed by atoms with E-state index < -0.39 is 34.1 Å². The number of benzene rings is 2. The molecule has 0 radical (unpaired) electrons. The molecule has 0 aliphatic heterocycles. The number of amides is 1. The zero-order chi connectivity index (χ0) is 18.6. The third-order valence-corrected chi connectivity index (χ3v) is 4.63. The van der Waals surface area contributed by atoms with Crippen molar-refractivity contribution >= 4 is 21.6 Å². The molecule has 2 aromatic carbocycles. The van der Waals surface area contributed by atoms with E-state index in [0.717, 1.165) is 39.9 Å². The summed E-state index contributed by atoms with van der Waals surface area (Å²) in [5, 5.41) is 2.60. The number of carbonyl (C=O) groups is 1. The van der Waals surface area contributed by atoms with E-state index in [4.69, 9.17) is 0 Å². The maximum Gasteiger partial charge on any atom is 0.241 e. The van der Waals surface area contributed by atoms with E-state index in [1.807, 2.05) is 31.2 Å². The van der Waals surface area contributed by atoms with Crippen LogP contribution >= 0.6 is 0 Å². The summed E-state index contributed by atoms with van der Waals surface area (Å²) >= 11 is 0. The molecule has 0 atom stereocenters. The van der Waals surface area contributed by atoms with Gasteiger partial charge in [0.2, 0.25) is 15.9 Å². The van der Waals surface area contributed by atoms with Crippen LogP contribution in [0.2, 0.25) is 0 Å². The quantitative estimate of drug-likeness (QED) is 0.851. The van der Waals surface area contributed by atoms with Crippen LogP contribution in [0.3, 0.4) is 0 Å². The standard InChI is InChI=1S/C17H18F2N2O3S/c1-12-3-5-13(6-4-12)10-20-17(22)11-21(25(2,23)24)14-7-8-15(18)16(19)9-14/h3-9H,10-11H2,1-2H3,(H,20,22). The molecule has 2 rings (SSSR count). The maximum absolute atomic E-state index is 13.4. The van der Waals surface area contributed by atoms with Crippen LogP contribution in [0.1, 0.15) is 11.1 Å². The van der Waals surface area contributed by atoms with E-state index in [2.05, 4.69) is 5.32 Å². The minimum atomic E-state index is -3.85. The third-order valence-electron chi connectivity index (χ3n) is 3.49. The van der Waals surface area contributed by atoms with Crippen molar-refractivity contribution in [3.63, 3.8) is 0 Å². The van der Waals surface area contributed by atoms with Crippen molar-refractivity contribution in [3.05, 3.63) is 65.2 Å². The van der Waals surface area contributed by atoms with E-state index in [0.29, 0.717) is 0 Å². The number of rotatable bonds is 6. The summed E-state index contributed by atoms with van der Waals surface area (Å²) in [5.41, 5.74) is 1.82. The van der Waals surface area contributed by atoms with Gasteiger partial charge in [-0.2, -0.15) is 0 Å². The molecular weight excluding hydrogens is 350 g/mol. The molecule has 0 spiro atoms. The number of nitrogens with zero attached hydrogens (tertiary/aromatic N) is 1. The zero-order valence-corrected chi connectivity index (χ0v) is 14.6. The Morgan fingerprint density at radius 3 is 2.28 bits per heavy atom. The van der Waals surface area contributed by atoms with Gasteiger partial charge < -0.3 is 5.32 Å². The Labute approximate surface area is 145 Å². The van der Waals surface area contributed by atoms with E-state index in [9.17, 15) is 22.0 Å². The second-order valence-corrected chi connectivity index (χ2v) is 7.54. The summed E-state index contributed by atoms with van der Waals surface area (Å²) in [5.74, 6) is -2.84. The highest BCUT2D eigenvalue weighted by atomic mass is 32.2. The van der Waals surface area contributed by atoms with Crippen LogP contribution in [0.15, 0.2) is 42.5 Å². The number of carbonyl (C=O) groups excluding carboxylic acids is 1. The van der Waals surface area contributed by atoms with Gasteiger partial charge in [0.25, 0.3) is 0 Å². The van der Waals surface area contributed by atoms with Gasteiger partial charge in [-0.15, -0.1) is 0 Å². The molecule has 0 saturated carbocycles. The Morgan fingerprint density at radius 2 is 1.72 bits per heavy atom. The molecule has 0 aromatic heterocycles. The Bertz CT molecular complexity index is 868. The molecular formula is C17H18F2N2O3S. The molecule has 1 N–H and O–H groups in total. The average Bonchev–Trinajstić information content (AvgIpc) is 2.54. The van der Waals surface area contributed by atoms with E-state index in [-0.39, 0.29) is 12.2 Å². The molecule has 0 unspecified atom stereocenters. The van der Waals surface area contributed by atoms with Gasteiger partial charge in [-0.3, -0.25) is 9.10 Å². The number of anilines is 1. The highest BCUT2D eigenvalue weighted by molar-refractivity contribution is 7.92. The van der Waals surface area contributed by atoms with Crippen LogP contribution in [0.5, 0.6) is 0 Å². The van der Waals surface area contributed by atoms with E-state index in [1.54, 1.807) is 0 Å². The molecule has 2 aromatic rings. The fraction of sp³-hybridized carbons (Fsp3) is 0.235. The molecule has 25 heavy (non-hydrogen) atoms. The molecule has 0 fully saturated rings. The predicted molar refractivity (Wildman–Crippen MR) is 91.6 cm³/mol. The van der Waals surface area contributed by atoms with Crippen molar-refractivity contribution in [1.82, 2.24) is 5.32 Å². The molecule has 0 heterocycles. The van der Waals surface area contributed by atoms with Gasteiger partial charge in [0.05, 0.1) is 11.9 Å². The molecule has 0 aliphatic rings. The minimum absolute atomic E-state index is 0.119. The molecule has 5 nitrogen and oxygen atoms in total. The summed E-state index contributed by atoms with van der Waals surface area (Å²) < 4.78 is 50.9. The zero-order valence-electron chi connectivity index (χ0n) is 13.8. The molecule has 1 amide bonds. The summed E-state index contributed by atoms with van der Waals surface area (Å²) in [6.45, 7) is 1.64. The smallest absolute Gasteiger partial charge is 0.241 e.